The molecule has 3 aromatic rings. The van der Waals surface area contributed by atoms with E-state index in [1.165, 1.54) is 22.1 Å². The Kier molecular flexibility index (Phi) is 2.34. The summed E-state index contributed by atoms with van der Waals surface area (Å²) >= 11 is 0. The first-order valence-electron chi connectivity index (χ1n) is 6.94. The molecule has 1 aliphatic rings. The van der Waals surface area contributed by atoms with Gasteiger partial charge < -0.3 is 4.98 Å². The van der Waals surface area contributed by atoms with Gasteiger partial charge in [0.2, 0.25) is 0 Å². The molecular formula is C18H15NO. The molecule has 2 nitrogen and oxygen atoms in total. The van der Waals surface area contributed by atoms with Crippen molar-refractivity contribution in [2.24, 2.45) is 0 Å². The Labute approximate surface area is 117 Å². The van der Waals surface area contributed by atoms with Crippen LogP contribution in [0, 0.1) is 6.92 Å². The molecule has 1 atom stereocenters. The molecule has 20 heavy (non-hydrogen) atoms. The maximum Gasteiger partial charge on any atom is 0.164 e. The molecule has 0 spiro atoms. The van der Waals surface area contributed by atoms with Crippen LogP contribution in [0.2, 0.25) is 0 Å². The Bertz CT molecular complexity index is 828. The highest BCUT2D eigenvalue weighted by atomic mass is 16.1. The smallest absolute Gasteiger partial charge is 0.164 e. The average molecular weight is 261 g/mol. The van der Waals surface area contributed by atoms with Crippen LogP contribution in [0.5, 0.6) is 0 Å². The summed E-state index contributed by atoms with van der Waals surface area (Å²) in [5.74, 6) is 0.446. The molecule has 4 rings (SSSR count). The third kappa shape index (κ3) is 1.54. The summed E-state index contributed by atoms with van der Waals surface area (Å²) in [6, 6.07) is 14.4. The van der Waals surface area contributed by atoms with Gasteiger partial charge in [0.25, 0.3) is 0 Å². The minimum Gasteiger partial charge on any atom is -0.361 e. The standard InChI is InChI=1S/C18H15NO/c1-11-6-7-17-15(8-11)16(10-19-17)14-9-18(20)13-5-3-2-4-12(13)14/h2-8,10,14,19H,9H2,1H3. The lowest BCUT2D eigenvalue weighted by Gasteiger charge is -2.10. The molecule has 2 heteroatoms. The number of Topliss-reactive ketones (excluding diaryl/α,β-unsaturated/α-hetero) is 1. The largest absolute Gasteiger partial charge is 0.361 e. The van der Waals surface area contributed by atoms with E-state index in [0.29, 0.717) is 6.42 Å². The third-order valence-electron chi connectivity index (χ3n) is 4.27. The van der Waals surface area contributed by atoms with Gasteiger partial charge in [0.05, 0.1) is 0 Å². The van der Waals surface area contributed by atoms with Crippen LogP contribution in [0.25, 0.3) is 10.9 Å². The molecule has 2 aromatic carbocycles. The van der Waals surface area contributed by atoms with E-state index in [-0.39, 0.29) is 11.7 Å². The van der Waals surface area contributed by atoms with Gasteiger partial charge in [0.1, 0.15) is 0 Å². The summed E-state index contributed by atoms with van der Waals surface area (Å²) in [6.45, 7) is 2.10. The number of rotatable bonds is 1. The van der Waals surface area contributed by atoms with Crippen molar-refractivity contribution in [2.75, 3.05) is 0 Å². The average Bonchev–Trinajstić information content (AvgIpc) is 3.00. The maximum absolute atomic E-state index is 12.2. The van der Waals surface area contributed by atoms with E-state index >= 15 is 0 Å². The third-order valence-corrected chi connectivity index (χ3v) is 4.27. The Hall–Kier alpha value is -2.35. The number of fused-ring (bicyclic) bond motifs is 2. The zero-order valence-electron chi connectivity index (χ0n) is 11.3. The fourth-order valence-electron chi connectivity index (χ4n) is 3.28. The van der Waals surface area contributed by atoms with Crippen LogP contribution in [0.4, 0.5) is 0 Å². The Morgan fingerprint density at radius 2 is 1.95 bits per heavy atom. The fraction of sp³-hybridized carbons (Fsp3) is 0.167. The first-order valence-corrected chi connectivity index (χ1v) is 6.94. The number of aromatic nitrogens is 1. The van der Waals surface area contributed by atoms with Crippen molar-refractivity contribution in [3.8, 4) is 0 Å². The van der Waals surface area contributed by atoms with E-state index in [1.807, 2.05) is 18.2 Å². The summed E-state index contributed by atoms with van der Waals surface area (Å²) in [5.41, 5.74) is 5.68. The second kappa shape index (κ2) is 4.07. The lowest BCUT2D eigenvalue weighted by Crippen LogP contribution is -1.95. The monoisotopic (exact) mass is 261 g/mol. The molecule has 1 unspecified atom stereocenters. The van der Waals surface area contributed by atoms with Crippen molar-refractivity contribution >= 4 is 16.7 Å². The summed E-state index contributed by atoms with van der Waals surface area (Å²) in [4.78, 5) is 15.5. The van der Waals surface area contributed by atoms with Gasteiger partial charge in [-0.05, 0) is 30.2 Å². The lowest BCUT2D eigenvalue weighted by molar-refractivity contribution is 0.0991. The van der Waals surface area contributed by atoms with Crippen molar-refractivity contribution < 1.29 is 4.79 Å². The highest BCUT2D eigenvalue weighted by Gasteiger charge is 2.31. The van der Waals surface area contributed by atoms with Gasteiger partial charge in [-0.25, -0.2) is 0 Å². The van der Waals surface area contributed by atoms with Crippen LogP contribution >= 0.6 is 0 Å². The number of nitrogens with one attached hydrogen (secondary N) is 1. The molecule has 0 saturated heterocycles. The van der Waals surface area contributed by atoms with E-state index in [0.717, 1.165) is 11.1 Å². The van der Waals surface area contributed by atoms with E-state index < -0.39 is 0 Å². The minimum atomic E-state index is 0.189. The topological polar surface area (TPSA) is 32.9 Å². The number of carbonyl (C=O) groups excluding carboxylic acids is 1. The molecule has 0 radical (unpaired) electrons. The number of carbonyl (C=O) groups is 1. The van der Waals surface area contributed by atoms with Gasteiger partial charge in [-0.1, -0.05) is 35.9 Å². The van der Waals surface area contributed by atoms with Crippen molar-refractivity contribution in [1.29, 1.82) is 0 Å². The van der Waals surface area contributed by atoms with Gasteiger partial charge in [-0.15, -0.1) is 0 Å². The number of benzene rings is 2. The van der Waals surface area contributed by atoms with E-state index in [4.69, 9.17) is 0 Å². The first-order chi connectivity index (χ1) is 9.74. The van der Waals surface area contributed by atoms with E-state index in [1.54, 1.807) is 0 Å². The zero-order chi connectivity index (χ0) is 13.7. The molecular weight excluding hydrogens is 246 g/mol. The fourth-order valence-corrected chi connectivity index (χ4v) is 3.28. The Morgan fingerprint density at radius 1 is 1.10 bits per heavy atom. The molecule has 0 bridgehead atoms. The van der Waals surface area contributed by atoms with Crippen molar-refractivity contribution in [3.05, 3.63) is 70.9 Å². The van der Waals surface area contributed by atoms with Crippen LogP contribution in [0.15, 0.2) is 48.7 Å². The van der Waals surface area contributed by atoms with Crippen LogP contribution in [-0.4, -0.2) is 10.8 Å². The number of ketones is 1. The molecule has 1 N–H and O–H groups in total. The number of hydrogen-bond donors (Lipinski definition) is 1. The first kappa shape index (κ1) is 11.5. The molecule has 98 valence electrons. The van der Waals surface area contributed by atoms with E-state index in [2.05, 4.69) is 42.4 Å². The Balaban J connectivity index is 1.93. The number of H-pyrrole nitrogens is 1. The lowest BCUT2D eigenvalue weighted by atomic mass is 9.92. The quantitative estimate of drug-likeness (QED) is 0.699. The zero-order valence-corrected chi connectivity index (χ0v) is 11.3. The van der Waals surface area contributed by atoms with Gasteiger partial charge in [0, 0.05) is 35.0 Å². The van der Waals surface area contributed by atoms with Gasteiger partial charge in [-0.2, -0.15) is 0 Å². The predicted molar refractivity (Wildman–Crippen MR) is 80.3 cm³/mol. The van der Waals surface area contributed by atoms with Gasteiger partial charge >= 0.3 is 0 Å². The summed E-state index contributed by atoms with van der Waals surface area (Å²) in [6.07, 6.45) is 2.64. The maximum atomic E-state index is 12.2. The van der Waals surface area contributed by atoms with Crippen molar-refractivity contribution in [1.82, 2.24) is 4.98 Å². The highest BCUT2D eigenvalue weighted by Crippen LogP contribution is 2.40. The summed E-state index contributed by atoms with van der Waals surface area (Å²) in [5, 5.41) is 1.24. The van der Waals surface area contributed by atoms with Crippen molar-refractivity contribution in [3.63, 3.8) is 0 Å². The van der Waals surface area contributed by atoms with E-state index in [9.17, 15) is 4.79 Å². The molecule has 0 aliphatic heterocycles. The van der Waals surface area contributed by atoms with Gasteiger partial charge in [0.15, 0.2) is 5.78 Å². The molecule has 1 aromatic heterocycles. The van der Waals surface area contributed by atoms with Crippen LogP contribution in [0.1, 0.15) is 39.4 Å². The summed E-state index contributed by atoms with van der Waals surface area (Å²) < 4.78 is 0. The SMILES string of the molecule is Cc1ccc2[nH]cc(C3CC(=O)c4ccccc43)c2c1. The van der Waals surface area contributed by atoms with Crippen LogP contribution in [0.3, 0.4) is 0 Å². The molecule has 1 heterocycles. The second-order valence-corrected chi connectivity index (χ2v) is 5.56. The second-order valence-electron chi connectivity index (χ2n) is 5.56. The van der Waals surface area contributed by atoms with Crippen LogP contribution < -0.4 is 0 Å². The number of hydrogen-bond acceptors (Lipinski definition) is 1. The van der Waals surface area contributed by atoms with Gasteiger partial charge in [-0.3, -0.25) is 4.79 Å². The predicted octanol–water partition coefficient (Wildman–Crippen LogP) is 4.19. The van der Waals surface area contributed by atoms with Crippen LogP contribution in [-0.2, 0) is 0 Å². The molecule has 0 saturated carbocycles. The minimum absolute atomic E-state index is 0.189. The Morgan fingerprint density at radius 3 is 2.85 bits per heavy atom. The molecule has 0 amide bonds. The molecule has 0 fully saturated rings. The molecule has 1 aliphatic carbocycles. The van der Waals surface area contributed by atoms with Crippen molar-refractivity contribution in [2.45, 2.75) is 19.3 Å². The highest BCUT2D eigenvalue weighted by molar-refractivity contribution is 6.02. The number of aryl methyl sites for hydroxylation is 1. The number of aromatic amines is 1. The summed E-state index contributed by atoms with van der Waals surface area (Å²) in [7, 11) is 0. The normalized spacial score (nSPS) is 17.6.